The molecule has 12 heteroatoms. The first kappa shape index (κ1) is 25.7. The van der Waals surface area contributed by atoms with Gasteiger partial charge in [0.1, 0.15) is 11.5 Å². The molecule has 0 radical (unpaired) electrons. The number of carbonyl (C=O) groups excluding carboxylic acids is 2. The van der Waals surface area contributed by atoms with E-state index in [1.165, 1.54) is 17.0 Å². The van der Waals surface area contributed by atoms with Gasteiger partial charge in [-0.2, -0.15) is 17.7 Å². The Kier molecular flexibility index (Phi) is 5.43. The zero-order valence-electron chi connectivity index (χ0n) is 21.7. The maximum absolute atomic E-state index is 13.5. The van der Waals surface area contributed by atoms with Crippen LogP contribution in [0, 0.1) is 11.7 Å². The van der Waals surface area contributed by atoms with Gasteiger partial charge in [-0.15, -0.1) is 0 Å². The standard InChI is InChI=1S/C27H28F4N5O3/c1-15(2)19-10-20(16-4-6-18(28)7-5-16)32-35-13-21-24(38)34-9-8-33(14-25(34,3)36(21)22(19)35)23(37)17-11-26(39,12-17)27(29,30)31/h4-7,10,13,15,17,39H,8-9,11-12,14H2,1-3H3/q+1. The van der Waals surface area contributed by atoms with Crippen LogP contribution in [0.25, 0.3) is 16.9 Å². The highest BCUT2D eigenvalue weighted by Crippen LogP contribution is 2.49. The topological polar surface area (TPSA) is 82.0 Å². The molecule has 4 heterocycles. The SMILES string of the molecule is CC(C)c1cc(-c2ccc(F)cc2)nn2cc3[n+](c12)C1(C)CN(C(=O)C2CC(O)(C(F)(F)F)C2)CCN1C3=O. The molecular formula is C27H28F4N5O3+. The molecule has 2 aliphatic heterocycles. The van der Waals surface area contributed by atoms with Crippen molar-refractivity contribution in [1.29, 1.82) is 0 Å². The molecule has 6 rings (SSSR count). The van der Waals surface area contributed by atoms with Gasteiger partial charge >= 0.3 is 17.7 Å². The second kappa shape index (κ2) is 8.23. The lowest BCUT2D eigenvalue weighted by atomic mass is 9.69. The zero-order valence-corrected chi connectivity index (χ0v) is 21.7. The molecule has 2 fully saturated rings. The lowest BCUT2D eigenvalue weighted by molar-refractivity contribution is -0.749. The van der Waals surface area contributed by atoms with E-state index in [0.29, 0.717) is 22.6 Å². The van der Waals surface area contributed by atoms with Crippen molar-refractivity contribution in [1.82, 2.24) is 19.4 Å². The second-order valence-electron chi connectivity index (χ2n) is 11.3. The van der Waals surface area contributed by atoms with Crippen LogP contribution in [0.4, 0.5) is 17.6 Å². The third kappa shape index (κ3) is 3.67. The first-order valence-electron chi connectivity index (χ1n) is 12.9. The summed E-state index contributed by atoms with van der Waals surface area (Å²) >= 11 is 0. The molecular weight excluding hydrogens is 518 g/mol. The van der Waals surface area contributed by atoms with Crippen molar-refractivity contribution < 1.29 is 36.8 Å². The third-order valence-electron chi connectivity index (χ3n) is 8.41. The van der Waals surface area contributed by atoms with E-state index < -0.39 is 42.1 Å². The minimum absolute atomic E-state index is 0.0188. The summed E-state index contributed by atoms with van der Waals surface area (Å²) in [7, 11) is 0. The summed E-state index contributed by atoms with van der Waals surface area (Å²) in [6.45, 7) is 6.37. The Labute approximate surface area is 221 Å². The first-order valence-corrected chi connectivity index (χ1v) is 12.9. The fourth-order valence-electron chi connectivity index (χ4n) is 6.22. The summed E-state index contributed by atoms with van der Waals surface area (Å²) in [5, 5.41) is 14.6. The lowest BCUT2D eigenvalue weighted by Gasteiger charge is -2.48. The van der Waals surface area contributed by atoms with Crippen molar-refractivity contribution in [2.45, 2.75) is 57.0 Å². The number of hydrogen-bond acceptors (Lipinski definition) is 4. The average Bonchev–Trinajstić information content (AvgIpc) is 3.34. The molecule has 1 aromatic carbocycles. The van der Waals surface area contributed by atoms with E-state index >= 15 is 0 Å². The molecule has 2 aromatic heterocycles. The third-order valence-corrected chi connectivity index (χ3v) is 8.41. The number of amides is 2. The molecule has 1 unspecified atom stereocenters. The van der Waals surface area contributed by atoms with Gasteiger partial charge in [0.2, 0.25) is 17.3 Å². The molecule has 1 N–H and O–H groups in total. The maximum atomic E-state index is 13.5. The molecule has 8 nitrogen and oxygen atoms in total. The Balaban J connectivity index is 1.38. The van der Waals surface area contributed by atoms with E-state index in [-0.39, 0.29) is 37.3 Å². The highest BCUT2D eigenvalue weighted by molar-refractivity contribution is 5.93. The maximum Gasteiger partial charge on any atom is 0.417 e. The number of nitrogens with zero attached hydrogens (tertiary/aromatic N) is 5. The molecule has 1 saturated carbocycles. The van der Waals surface area contributed by atoms with Crippen LogP contribution in [-0.4, -0.2) is 67.7 Å². The number of halogens is 4. The molecule has 206 valence electrons. The van der Waals surface area contributed by atoms with E-state index in [2.05, 4.69) is 0 Å². The van der Waals surface area contributed by atoms with Crippen LogP contribution in [-0.2, 0) is 10.5 Å². The number of fused-ring (bicyclic) bond motifs is 5. The summed E-state index contributed by atoms with van der Waals surface area (Å²) in [6, 6.07) is 7.89. The predicted molar refractivity (Wildman–Crippen MR) is 130 cm³/mol. The van der Waals surface area contributed by atoms with E-state index in [4.69, 9.17) is 5.10 Å². The van der Waals surface area contributed by atoms with E-state index in [0.717, 1.165) is 5.56 Å². The Morgan fingerprint density at radius 2 is 1.85 bits per heavy atom. The number of rotatable bonds is 3. The average molecular weight is 547 g/mol. The molecule has 0 spiro atoms. The monoisotopic (exact) mass is 546 g/mol. The van der Waals surface area contributed by atoms with Crippen LogP contribution >= 0.6 is 0 Å². The minimum atomic E-state index is -4.78. The van der Waals surface area contributed by atoms with Gasteiger partial charge in [0.05, 0.1) is 6.54 Å². The highest BCUT2D eigenvalue weighted by Gasteiger charge is 2.64. The Morgan fingerprint density at radius 3 is 2.46 bits per heavy atom. The zero-order chi connectivity index (χ0) is 28.1. The smallest absolute Gasteiger partial charge is 0.380 e. The van der Waals surface area contributed by atoms with Gasteiger partial charge in [-0.25, -0.2) is 4.39 Å². The molecule has 39 heavy (non-hydrogen) atoms. The summed E-state index contributed by atoms with van der Waals surface area (Å²) in [5.41, 5.74) is -0.528. The minimum Gasteiger partial charge on any atom is -0.380 e. The van der Waals surface area contributed by atoms with E-state index in [9.17, 15) is 32.3 Å². The number of aliphatic hydroxyl groups is 1. The Morgan fingerprint density at radius 1 is 1.18 bits per heavy atom. The quantitative estimate of drug-likeness (QED) is 0.404. The van der Waals surface area contributed by atoms with Crippen molar-refractivity contribution in [2.75, 3.05) is 19.6 Å². The largest absolute Gasteiger partial charge is 0.417 e. The van der Waals surface area contributed by atoms with E-state index in [1.807, 2.05) is 31.4 Å². The van der Waals surface area contributed by atoms with Crippen LogP contribution in [0.2, 0.25) is 0 Å². The molecule has 3 aliphatic rings. The van der Waals surface area contributed by atoms with Crippen LogP contribution in [0.5, 0.6) is 0 Å². The molecule has 3 aromatic rings. The number of carbonyl (C=O) groups is 2. The summed E-state index contributed by atoms with van der Waals surface area (Å²) < 4.78 is 56.4. The van der Waals surface area contributed by atoms with Crippen molar-refractivity contribution >= 4 is 17.5 Å². The number of aromatic nitrogens is 3. The summed E-state index contributed by atoms with van der Waals surface area (Å²) in [4.78, 5) is 29.9. The summed E-state index contributed by atoms with van der Waals surface area (Å²) in [5.74, 6) is -1.94. The normalized spacial score (nSPS) is 26.7. The van der Waals surface area contributed by atoms with Gasteiger partial charge in [0.15, 0.2) is 11.8 Å². The van der Waals surface area contributed by atoms with Crippen molar-refractivity contribution in [3.05, 3.63) is 53.6 Å². The van der Waals surface area contributed by atoms with Gasteiger partial charge in [0, 0.05) is 37.1 Å². The van der Waals surface area contributed by atoms with Gasteiger partial charge in [-0.05, 0) is 49.1 Å². The number of imidazole rings is 1. The predicted octanol–water partition coefficient (Wildman–Crippen LogP) is 3.23. The molecule has 2 amide bonds. The van der Waals surface area contributed by atoms with Gasteiger partial charge in [0.25, 0.3) is 0 Å². The van der Waals surface area contributed by atoms with Gasteiger partial charge < -0.3 is 10.0 Å². The number of alkyl halides is 3. The van der Waals surface area contributed by atoms with Crippen LogP contribution in [0.1, 0.15) is 55.6 Å². The number of benzene rings is 1. The van der Waals surface area contributed by atoms with Crippen molar-refractivity contribution in [2.24, 2.45) is 5.92 Å². The van der Waals surface area contributed by atoms with Gasteiger partial charge in [-0.3, -0.25) is 14.5 Å². The van der Waals surface area contributed by atoms with Crippen LogP contribution < -0.4 is 4.57 Å². The molecule has 1 atom stereocenters. The van der Waals surface area contributed by atoms with E-state index in [1.54, 1.807) is 27.7 Å². The fourth-order valence-corrected chi connectivity index (χ4v) is 6.22. The lowest BCUT2D eigenvalue weighted by Crippen LogP contribution is -2.70. The molecule has 1 saturated heterocycles. The summed E-state index contributed by atoms with van der Waals surface area (Å²) in [6.07, 6.45) is -4.45. The number of hydrogen-bond donors (Lipinski definition) is 1. The number of piperazine rings is 1. The second-order valence-corrected chi connectivity index (χ2v) is 11.3. The van der Waals surface area contributed by atoms with Crippen LogP contribution in [0.15, 0.2) is 36.5 Å². The molecule has 1 aliphatic carbocycles. The van der Waals surface area contributed by atoms with Crippen molar-refractivity contribution in [3.8, 4) is 11.3 Å². The molecule has 0 bridgehead atoms. The Bertz CT molecular complexity index is 1510. The first-order chi connectivity index (χ1) is 18.2. The van der Waals surface area contributed by atoms with Gasteiger partial charge in [-0.1, -0.05) is 23.5 Å². The highest BCUT2D eigenvalue weighted by atomic mass is 19.4. The fraction of sp³-hybridized carbons (Fsp3) is 0.481. The Hall–Kier alpha value is -3.54. The van der Waals surface area contributed by atoms with Crippen LogP contribution in [0.3, 0.4) is 0 Å². The van der Waals surface area contributed by atoms with Crippen molar-refractivity contribution in [3.63, 3.8) is 0 Å².